The van der Waals surface area contributed by atoms with Gasteiger partial charge >= 0.3 is 0 Å². The van der Waals surface area contributed by atoms with Crippen molar-refractivity contribution >= 4 is 0 Å². The van der Waals surface area contributed by atoms with Crippen LogP contribution in [0.3, 0.4) is 0 Å². The monoisotopic (exact) mass is 116 g/mol. The third kappa shape index (κ3) is 1.43. The van der Waals surface area contributed by atoms with Crippen molar-refractivity contribution in [2.45, 2.75) is 6.23 Å². The van der Waals surface area contributed by atoms with E-state index in [0.717, 1.165) is 19.6 Å². The van der Waals surface area contributed by atoms with Gasteiger partial charge in [0.15, 0.2) is 0 Å². The van der Waals surface area contributed by atoms with Gasteiger partial charge in [0, 0.05) is 19.6 Å². The maximum absolute atomic E-state index is 8.93. The lowest BCUT2D eigenvalue weighted by Crippen LogP contribution is -2.48. The zero-order valence-electron chi connectivity index (χ0n) is 5.09. The highest BCUT2D eigenvalue weighted by atomic mass is 16.3. The van der Waals surface area contributed by atoms with E-state index in [1.807, 2.05) is 7.05 Å². The van der Waals surface area contributed by atoms with E-state index >= 15 is 0 Å². The molecule has 0 spiro atoms. The lowest BCUT2D eigenvalue weighted by atomic mass is 10.4. The summed E-state index contributed by atoms with van der Waals surface area (Å²) in [5, 5.41) is 11.9. The van der Waals surface area contributed by atoms with Gasteiger partial charge in [0.25, 0.3) is 0 Å². The summed E-state index contributed by atoms with van der Waals surface area (Å²) in [5.41, 5.74) is 0. The molecule has 1 rings (SSSR count). The largest absolute Gasteiger partial charge is 0.377 e. The molecule has 8 heavy (non-hydrogen) atoms. The summed E-state index contributed by atoms with van der Waals surface area (Å²) >= 11 is 0. The molecule has 0 radical (unpaired) electrons. The van der Waals surface area contributed by atoms with Gasteiger partial charge in [-0.2, -0.15) is 0 Å². The lowest BCUT2D eigenvalue weighted by Gasteiger charge is -2.26. The second kappa shape index (κ2) is 2.44. The molecular weight excluding hydrogens is 104 g/mol. The molecule has 3 nitrogen and oxygen atoms in total. The number of β-amino-alcohol motifs (C(OH)–C–C–N with tert-alkyl or cyclic N) is 1. The Morgan fingerprint density at radius 2 is 2.50 bits per heavy atom. The first-order chi connectivity index (χ1) is 3.79. The summed E-state index contributed by atoms with van der Waals surface area (Å²) in [7, 11) is 2.00. The highest BCUT2D eigenvalue weighted by Crippen LogP contribution is 1.90. The third-order valence-corrected chi connectivity index (χ3v) is 1.36. The number of rotatable bonds is 0. The van der Waals surface area contributed by atoms with Crippen LogP contribution in [0, 0.1) is 0 Å². The molecule has 0 bridgehead atoms. The minimum Gasteiger partial charge on any atom is -0.377 e. The topological polar surface area (TPSA) is 35.5 Å². The molecule has 0 aromatic heterocycles. The van der Waals surface area contributed by atoms with Crippen LogP contribution in [-0.4, -0.2) is 42.9 Å². The van der Waals surface area contributed by atoms with E-state index in [9.17, 15) is 0 Å². The summed E-state index contributed by atoms with van der Waals surface area (Å²) in [4.78, 5) is 2.10. The zero-order chi connectivity index (χ0) is 5.98. The van der Waals surface area contributed by atoms with Crippen molar-refractivity contribution in [3.05, 3.63) is 0 Å². The van der Waals surface area contributed by atoms with E-state index in [2.05, 4.69) is 10.2 Å². The van der Waals surface area contributed by atoms with E-state index in [1.165, 1.54) is 0 Å². The van der Waals surface area contributed by atoms with Gasteiger partial charge in [-0.1, -0.05) is 0 Å². The highest BCUT2D eigenvalue weighted by Gasteiger charge is 2.11. The normalized spacial score (nSPS) is 33.0. The zero-order valence-corrected chi connectivity index (χ0v) is 5.09. The van der Waals surface area contributed by atoms with E-state index in [1.54, 1.807) is 0 Å². The number of likely N-dealkylation sites (N-methyl/N-ethyl adjacent to an activating group) is 1. The first-order valence-electron chi connectivity index (χ1n) is 2.89. The molecule has 0 unspecified atom stereocenters. The average molecular weight is 116 g/mol. The Morgan fingerprint density at radius 3 is 2.88 bits per heavy atom. The summed E-state index contributed by atoms with van der Waals surface area (Å²) in [5.74, 6) is 0. The third-order valence-electron chi connectivity index (χ3n) is 1.36. The van der Waals surface area contributed by atoms with Crippen LogP contribution in [0.5, 0.6) is 0 Å². The van der Waals surface area contributed by atoms with Crippen molar-refractivity contribution in [3.8, 4) is 0 Å². The molecule has 1 saturated heterocycles. The van der Waals surface area contributed by atoms with E-state index in [4.69, 9.17) is 5.11 Å². The average Bonchev–Trinajstić information content (AvgIpc) is 1.64. The minimum absolute atomic E-state index is 0.311. The number of aliphatic hydroxyl groups is 1. The van der Waals surface area contributed by atoms with E-state index in [-0.39, 0.29) is 6.23 Å². The number of hydrogen-bond acceptors (Lipinski definition) is 3. The fourth-order valence-corrected chi connectivity index (χ4v) is 0.873. The fourth-order valence-electron chi connectivity index (χ4n) is 0.873. The van der Waals surface area contributed by atoms with Crippen molar-refractivity contribution in [3.63, 3.8) is 0 Å². The van der Waals surface area contributed by atoms with Crippen molar-refractivity contribution in [1.29, 1.82) is 0 Å². The standard InChI is InChI=1S/C5H12N2O/c1-7-3-2-6-5(8)4-7/h5-6,8H,2-4H2,1H3/t5-/m1/s1. The van der Waals surface area contributed by atoms with Gasteiger partial charge < -0.3 is 10.0 Å². The summed E-state index contributed by atoms with van der Waals surface area (Å²) in [6.07, 6.45) is -0.311. The highest BCUT2D eigenvalue weighted by molar-refractivity contribution is 4.66. The first-order valence-corrected chi connectivity index (χ1v) is 2.89. The van der Waals surface area contributed by atoms with Crippen LogP contribution in [0.4, 0.5) is 0 Å². The van der Waals surface area contributed by atoms with Crippen molar-refractivity contribution in [2.75, 3.05) is 26.7 Å². The van der Waals surface area contributed by atoms with Gasteiger partial charge in [0.05, 0.1) is 0 Å². The van der Waals surface area contributed by atoms with Crippen LogP contribution in [0.15, 0.2) is 0 Å². The number of aliphatic hydroxyl groups excluding tert-OH is 1. The SMILES string of the molecule is CN1CCN[C@H](O)C1. The maximum atomic E-state index is 8.93. The molecule has 0 aliphatic carbocycles. The second-order valence-corrected chi connectivity index (χ2v) is 2.23. The van der Waals surface area contributed by atoms with Crippen molar-refractivity contribution in [1.82, 2.24) is 10.2 Å². The smallest absolute Gasteiger partial charge is 0.117 e. The van der Waals surface area contributed by atoms with Crippen LogP contribution in [-0.2, 0) is 0 Å². The van der Waals surface area contributed by atoms with Gasteiger partial charge in [0.1, 0.15) is 6.23 Å². The Balaban J connectivity index is 2.23. The van der Waals surface area contributed by atoms with Gasteiger partial charge in [-0.15, -0.1) is 0 Å². The predicted octanol–water partition coefficient (Wildman–Crippen LogP) is -1.16. The summed E-state index contributed by atoms with van der Waals surface area (Å²) < 4.78 is 0. The van der Waals surface area contributed by atoms with Gasteiger partial charge in [-0.25, -0.2) is 0 Å². The molecule has 1 aliphatic heterocycles. The Bertz CT molecular complexity index is 68.8. The Morgan fingerprint density at radius 1 is 1.75 bits per heavy atom. The summed E-state index contributed by atoms with van der Waals surface area (Å²) in [6, 6.07) is 0. The Hall–Kier alpha value is -0.120. The number of nitrogens with zero attached hydrogens (tertiary/aromatic N) is 1. The number of hydrogen-bond donors (Lipinski definition) is 2. The predicted molar refractivity (Wildman–Crippen MR) is 31.5 cm³/mol. The molecule has 2 N–H and O–H groups in total. The second-order valence-electron chi connectivity index (χ2n) is 2.23. The van der Waals surface area contributed by atoms with Crippen molar-refractivity contribution < 1.29 is 5.11 Å². The molecule has 1 fully saturated rings. The van der Waals surface area contributed by atoms with E-state index < -0.39 is 0 Å². The van der Waals surface area contributed by atoms with Crippen LogP contribution in [0.2, 0.25) is 0 Å². The van der Waals surface area contributed by atoms with Gasteiger partial charge in [-0.05, 0) is 7.05 Å². The quantitative estimate of drug-likeness (QED) is 0.419. The van der Waals surface area contributed by atoms with Crippen LogP contribution >= 0.6 is 0 Å². The molecule has 3 heteroatoms. The van der Waals surface area contributed by atoms with Gasteiger partial charge in [-0.3, -0.25) is 5.32 Å². The molecule has 1 atom stereocenters. The molecule has 0 saturated carbocycles. The van der Waals surface area contributed by atoms with Gasteiger partial charge in [0.2, 0.25) is 0 Å². The molecular formula is C5H12N2O. The molecule has 0 aromatic carbocycles. The molecule has 0 aromatic rings. The Kier molecular flexibility index (Phi) is 1.83. The number of nitrogens with one attached hydrogen (secondary N) is 1. The maximum Gasteiger partial charge on any atom is 0.117 e. The van der Waals surface area contributed by atoms with Crippen molar-refractivity contribution in [2.24, 2.45) is 0 Å². The first kappa shape index (κ1) is 6.01. The molecule has 1 heterocycles. The number of piperazine rings is 1. The van der Waals surface area contributed by atoms with Crippen LogP contribution in [0.1, 0.15) is 0 Å². The van der Waals surface area contributed by atoms with E-state index in [0.29, 0.717) is 0 Å². The molecule has 1 aliphatic rings. The lowest BCUT2D eigenvalue weighted by molar-refractivity contribution is 0.0669. The minimum atomic E-state index is -0.311. The van der Waals surface area contributed by atoms with Crippen LogP contribution < -0.4 is 5.32 Å². The Labute approximate surface area is 49.3 Å². The summed E-state index contributed by atoms with van der Waals surface area (Å²) in [6.45, 7) is 2.69. The fraction of sp³-hybridized carbons (Fsp3) is 1.00. The molecule has 0 amide bonds. The molecule has 48 valence electrons. The van der Waals surface area contributed by atoms with Crippen LogP contribution in [0.25, 0.3) is 0 Å².